The molecule has 1 aliphatic rings. The minimum absolute atomic E-state index is 0.0873. The summed E-state index contributed by atoms with van der Waals surface area (Å²) >= 11 is 6.54. The van der Waals surface area contributed by atoms with Gasteiger partial charge in [0.05, 0.1) is 11.4 Å². The van der Waals surface area contributed by atoms with E-state index >= 15 is 0 Å². The van der Waals surface area contributed by atoms with Gasteiger partial charge in [0.2, 0.25) is 5.78 Å². The highest BCUT2D eigenvalue weighted by Crippen LogP contribution is 2.19. The van der Waals surface area contributed by atoms with E-state index in [2.05, 4.69) is 9.88 Å². The number of carbonyl (C=O) groups is 3. The zero-order valence-corrected chi connectivity index (χ0v) is 16.3. The number of thioether (sulfide) groups is 1. The van der Waals surface area contributed by atoms with Crippen LogP contribution in [0.2, 0.25) is 0 Å². The molecule has 0 unspecified atom stereocenters. The van der Waals surface area contributed by atoms with Crippen LogP contribution in [0.1, 0.15) is 51.9 Å². The number of esters is 1. The molecule has 1 aromatic heterocycles. The minimum atomic E-state index is -0.479. The molecule has 0 radical (unpaired) electrons. The molecule has 0 amide bonds. The van der Waals surface area contributed by atoms with Gasteiger partial charge in [0.15, 0.2) is 12.4 Å². The van der Waals surface area contributed by atoms with Crippen LogP contribution in [-0.4, -0.2) is 57.2 Å². The van der Waals surface area contributed by atoms with Crippen molar-refractivity contribution in [1.29, 1.82) is 0 Å². The SMILES string of the molecule is CC(=O)c1c(C)[nH]c(C(=O)COC(=O)CSC(=S)N2CCCC2)c1C. The summed E-state index contributed by atoms with van der Waals surface area (Å²) in [5, 5.41) is 0. The van der Waals surface area contributed by atoms with Gasteiger partial charge in [-0.2, -0.15) is 0 Å². The van der Waals surface area contributed by atoms with Crippen LogP contribution in [-0.2, 0) is 9.53 Å². The first kappa shape index (κ1) is 19.7. The first-order valence-corrected chi connectivity index (χ1v) is 9.51. The first-order valence-electron chi connectivity index (χ1n) is 8.12. The number of aryl methyl sites for hydroxylation is 1. The molecule has 1 N–H and O–H groups in total. The number of H-pyrrole nitrogens is 1. The summed E-state index contributed by atoms with van der Waals surface area (Å²) < 4.78 is 5.74. The van der Waals surface area contributed by atoms with Crippen molar-refractivity contribution in [1.82, 2.24) is 9.88 Å². The molecule has 2 rings (SSSR count). The normalized spacial score (nSPS) is 13.8. The van der Waals surface area contributed by atoms with Crippen LogP contribution < -0.4 is 0 Å². The summed E-state index contributed by atoms with van der Waals surface area (Å²) in [6, 6.07) is 0. The number of rotatable bonds is 6. The topological polar surface area (TPSA) is 79.5 Å². The van der Waals surface area contributed by atoms with Gasteiger partial charge >= 0.3 is 5.97 Å². The standard InChI is InChI=1S/C17H22N2O4S2/c1-10-15(12(3)20)11(2)18-16(10)13(21)8-23-14(22)9-25-17(24)19-6-4-5-7-19/h18H,4-9H2,1-3H3. The molecule has 0 aromatic carbocycles. The lowest BCUT2D eigenvalue weighted by atomic mass is 10.1. The van der Waals surface area contributed by atoms with Crippen LogP contribution in [0, 0.1) is 13.8 Å². The third kappa shape index (κ3) is 4.92. The second-order valence-electron chi connectivity index (χ2n) is 6.01. The van der Waals surface area contributed by atoms with Crippen LogP contribution in [0.3, 0.4) is 0 Å². The number of ketones is 2. The fourth-order valence-electron chi connectivity index (χ4n) is 2.93. The third-order valence-corrected chi connectivity index (χ3v) is 5.61. The van der Waals surface area contributed by atoms with Crippen LogP contribution in [0.25, 0.3) is 0 Å². The van der Waals surface area contributed by atoms with Crippen LogP contribution >= 0.6 is 24.0 Å². The van der Waals surface area contributed by atoms with Gasteiger partial charge < -0.3 is 14.6 Å². The van der Waals surface area contributed by atoms with Crippen molar-refractivity contribution < 1.29 is 19.1 Å². The van der Waals surface area contributed by atoms with Gasteiger partial charge in [-0.1, -0.05) is 24.0 Å². The Balaban J connectivity index is 1.83. The number of nitrogens with zero attached hydrogens (tertiary/aromatic N) is 1. The molecule has 0 spiro atoms. The largest absolute Gasteiger partial charge is 0.457 e. The monoisotopic (exact) mass is 382 g/mol. The van der Waals surface area contributed by atoms with Gasteiger partial charge in [0.1, 0.15) is 4.32 Å². The Labute approximate surface area is 156 Å². The van der Waals surface area contributed by atoms with Crippen LogP contribution in [0.5, 0.6) is 0 Å². The smallest absolute Gasteiger partial charge is 0.316 e. The molecule has 136 valence electrons. The Morgan fingerprint density at radius 2 is 1.88 bits per heavy atom. The van der Waals surface area contributed by atoms with Crippen LogP contribution in [0.15, 0.2) is 0 Å². The Morgan fingerprint density at radius 1 is 1.24 bits per heavy atom. The van der Waals surface area contributed by atoms with E-state index < -0.39 is 5.97 Å². The molecule has 0 atom stereocenters. The summed E-state index contributed by atoms with van der Waals surface area (Å²) in [5.41, 5.74) is 2.07. The van der Waals surface area contributed by atoms with Crippen molar-refractivity contribution in [2.45, 2.75) is 33.6 Å². The van der Waals surface area contributed by atoms with Gasteiger partial charge in [-0.15, -0.1) is 0 Å². The molecular formula is C17H22N2O4S2. The van der Waals surface area contributed by atoms with Gasteiger partial charge in [0.25, 0.3) is 0 Å². The third-order valence-electron chi connectivity index (χ3n) is 4.11. The zero-order valence-electron chi connectivity index (χ0n) is 14.6. The van der Waals surface area contributed by atoms with Crippen molar-refractivity contribution in [3.63, 3.8) is 0 Å². The van der Waals surface area contributed by atoms with Crippen molar-refractivity contribution in [2.24, 2.45) is 0 Å². The quantitative estimate of drug-likeness (QED) is 0.460. The Hall–Kier alpha value is -1.67. The maximum Gasteiger partial charge on any atom is 0.316 e. The molecule has 2 heterocycles. The number of aromatic nitrogens is 1. The predicted octanol–water partition coefficient (Wildman–Crippen LogP) is 2.67. The molecule has 0 bridgehead atoms. The lowest BCUT2D eigenvalue weighted by Crippen LogP contribution is -2.25. The number of likely N-dealkylation sites (tertiary alicyclic amines) is 1. The number of nitrogens with one attached hydrogen (secondary N) is 1. The molecule has 6 nitrogen and oxygen atoms in total. The molecule has 8 heteroatoms. The van der Waals surface area contributed by atoms with Gasteiger partial charge in [0, 0.05) is 24.3 Å². The van der Waals surface area contributed by atoms with E-state index in [4.69, 9.17) is 17.0 Å². The molecule has 1 fully saturated rings. The first-order chi connectivity index (χ1) is 11.8. The summed E-state index contributed by atoms with van der Waals surface area (Å²) in [6.07, 6.45) is 2.24. The van der Waals surface area contributed by atoms with E-state index in [0.29, 0.717) is 26.8 Å². The second-order valence-corrected chi connectivity index (χ2v) is 7.62. The predicted molar refractivity (Wildman–Crippen MR) is 101 cm³/mol. The Bertz CT molecular complexity index is 706. The molecule has 1 aliphatic heterocycles. The van der Waals surface area contributed by atoms with E-state index in [0.717, 1.165) is 25.9 Å². The van der Waals surface area contributed by atoms with E-state index in [9.17, 15) is 14.4 Å². The lowest BCUT2D eigenvalue weighted by molar-refractivity contribution is -0.139. The molecule has 0 aliphatic carbocycles. The molecule has 0 saturated carbocycles. The number of carbonyl (C=O) groups excluding carboxylic acids is 3. The summed E-state index contributed by atoms with van der Waals surface area (Å²) in [6.45, 7) is 6.42. The Kier molecular flexibility index (Phi) is 6.78. The average Bonchev–Trinajstić information content (AvgIpc) is 3.18. The molecule has 1 saturated heterocycles. The summed E-state index contributed by atoms with van der Waals surface area (Å²) in [7, 11) is 0. The van der Waals surface area contributed by atoms with Gasteiger partial charge in [-0.05, 0) is 39.2 Å². The van der Waals surface area contributed by atoms with E-state index in [1.165, 1.54) is 18.7 Å². The van der Waals surface area contributed by atoms with Gasteiger partial charge in [-0.25, -0.2) is 0 Å². The van der Waals surface area contributed by atoms with E-state index in [1.54, 1.807) is 13.8 Å². The minimum Gasteiger partial charge on any atom is -0.457 e. The van der Waals surface area contributed by atoms with E-state index in [-0.39, 0.29) is 23.9 Å². The zero-order chi connectivity index (χ0) is 18.6. The number of hydrogen-bond acceptors (Lipinski definition) is 6. The number of thiocarbonyl (C=S) groups is 1. The van der Waals surface area contributed by atoms with Crippen molar-refractivity contribution >= 4 is 45.8 Å². The Morgan fingerprint density at radius 3 is 2.44 bits per heavy atom. The fourth-order valence-corrected chi connectivity index (χ4v) is 3.98. The number of Topliss-reactive ketones (excluding diaryl/α,β-unsaturated/α-hetero) is 2. The molecule has 25 heavy (non-hydrogen) atoms. The maximum atomic E-state index is 12.2. The summed E-state index contributed by atoms with van der Waals surface area (Å²) in [5.74, 6) is -0.848. The van der Waals surface area contributed by atoms with Crippen molar-refractivity contribution in [3.8, 4) is 0 Å². The fraction of sp³-hybridized carbons (Fsp3) is 0.529. The number of ether oxygens (including phenoxy) is 1. The van der Waals surface area contributed by atoms with Crippen molar-refractivity contribution in [3.05, 3.63) is 22.5 Å². The second kappa shape index (κ2) is 8.62. The number of hydrogen-bond donors (Lipinski definition) is 1. The number of aromatic amines is 1. The maximum absolute atomic E-state index is 12.2. The highest BCUT2D eigenvalue weighted by Gasteiger charge is 2.21. The lowest BCUT2D eigenvalue weighted by Gasteiger charge is -2.16. The highest BCUT2D eigenvalue weighted by atomic mass is 32.2. The molecular weight excluding hydrogens is 360 g/mol. The van der Waals surface area contributed by atoms with Gasteiger partial charge in [-0.3, -0.25) is 14.4 Å². The highest BCUT2D eigenvalue weighted by molar-refractivity contribution is 8.23. The van der Waals surface area contributed by atoms with E-state index in [1.807, 2.05) is 0 Å². The summed E-state index contributed by atoms with van der Waals surface area (Å²) in [4.78, 5) is 40.7. The average molecular weight is 383 g/mol. The molecule has 1 aromatic rings. The van der Waals surface area contributed by atoms with Crippen molar-refractivity contribution in [2.75, 3.05) is 25.4 Å². The van der Waals surface area contributed by atoms with Crippen LogP contribution in [0.4, 0.5) is 0 Å².